The highest BCUT2D eigenvalue weighted by atomic mass is 17.2. The van der Waals surface area contributed by atoms with E-state index in [1.54, 1.807) is 12.1 Å². The van der Waals surface area contributed by atoms with Crippen molar-refractivity contribution >= 4 is 11.8 Å². The molecule has 0 radical (unpaired) electrons. The second-order valence-corrected chi connectivity index (χ2v) is 4.71. The van der Waals surface area contributed by atoms with Gasteiger partial charge in [-0.1, -0.05) is 25.7 Å². The summed E-state index contributed by atoms with van der Waals surface area (Å²) in [6.45, 7) is 0.621. The summed E-state index contributed by atoms with van der Waals surface area (Å²) in [5.74, 6) is 0.129. The Labute approximate surface area is 124 Å². The molecular weight excluding hydrogens is 274 g/mol. The van der Waals surface area contributed by atoms with Crippen LogP contribution in [-0.4, -0.2) is 29.5 Å². The summed E-state index contributed by atoms with van der Waals surface area (Å²) in [6, 6.07) is 6.05. The maximum atomic E-state index is 11.4. The third-order valence-corrected chi connectivity index (χ3v) is 2.88. The van der Waals surface area contributed by atoms with E-state index in [1.165, 1.54) is 12.1 Å². The molecule has 0 aromatic heterocycles. The number of phenolic OH excluding ortho intramolecular Hbond substituents is 1. The first kappa shape index (κ1) is 17.3. The minimum Gasteiger partial charge on any atom is -0.508 e. The number of carbonyl (C=O) groups is 1. The van der Waals surface area contributed by atoms with Gasteiger partial charge in [0.25, 0.3) is 0 Å². The molecule has 0 fully saturated rings. The predicted octanol–water partition coefficient (Wildman–Crippen LogP) is 3.21. The maximum Gasteiger partial charge on any atom is 0.443 e. The molecule has 6 heteroatoms. The number of amides is 1. The monoisotopic (exact) mass is 297 g/mol. The number of phenols is 1. The molecule has 1 aromatic rings. The fourth-order valence-electron chi connectivity index (χ4n) is 1.76. The predicted molar refractivity (Wildman–Crippen MR) is 79.0 cm³/mol. The molecule has 1 amide bonds. The Balaban J connectivity index is 1.97. The summed E-state index contributed by atoms with van der Waals surface area (Å²) < 4.78 is 0. The SMILES string of the molecule is O=C(Nc1ccc(O)cc1)OOCCCCCCCCO. The molecule has 0 heterocycles. The molecule has 0 bridgehead atoms. The van der Waals surface area contributed by atoms with E-state index >= 15 is 0 Å². The number of aliphatic hydroxyl groups is 1. The van der Waals surface area contributed by atoms with E-state index in [1.807, 2.05) is 0 Å². The van der Waals surface area contributed by atoms with E-state index in [-0.39, 0.29) is 12.4 Å². The highest BCUT2D eigenvalue weighted by Crippen LogP contribution is 2.13. The van der Waals surface area contributed by atoms with Crippen LogP contribution in [0.5, 0.6) is 5.75 Å². The number of nitrogens with one attached hydrogen (secondary N) is 1. The van der Waals surface area contributed by atoms with Crippen molar-refractivity contribution in [2.75, 3.05) is 18.5 Å². The molecule has 3 N–H and O–H groups in total. The molecule has 0 aliphatic rings. The number of hydrogen-bond donors (Lipinski definition) is 3. The Morgan fingerprint density at radius 2 is 1.62 bits per heavy atom. The van der Waals surface area contributed by atoms with E-state index in [0.29, 0.717) is 12.3 Å². The maximum absolute atomic E-state index is 11.4. The van der Waals surface area contributed by atoms with Crippen molar-refractivity contribution in [1.82, 2.24) is 0 Å². The number of rotatable bonds is 10. The van der Waals surface area contributed by atoms with Gasteiger partial charge in [-0.3, -0.25) is 10.2 Å². The zero-order valence-corrected chi connectivity index (χ0v) is 12.1. The Hall–Kier alpha value is -1.79. The second-order valence-electron chi connectivity index (χ2n) is 4.71. The molecule has 118 valence electrons. The molecule has 0 spiro atoms. The molecule has 6 nitrogen and oxygen atoms in total. The lowest BCUT2D eigenvalue weighted by Gasteiger charge is -2.06. The number of hydrogen-bond acceptors (Lipinski definition) is 5. The van der Waals surface area contributed by atoms with Crippen molar-refractivity contribution in [2.24, 2.45) is 0 Å². The van der Waals surface area contributed by atoms with Gasteiger partial charge < -0.3 is 10.2 Å². The second kappa shape index (κ2) is 10.9. The molecule has 0 saturated carbocycles. The molecule has 1 aromatic carbocycles. The Morgan fingerprint density at radius 1 is 1.00 bits per heavy atom. The number of aromatic hydroxyl groups is 1. The van der Waals surface area contributed by atoms with Crippen molar-refractivity contribution in [3.05, 3.63) is 24.3 Å². The fourth-order valence-corrected chi connectivity index (χ4v) is 1.76. The van der Waals surface area contributed by atoms with Crippen molar-refractivity contribution in [2.45, 2.75) is 38.5 Å². The van der Waals surface area contributed by atoms with Crippen LogP contribution in [0.1, 0.15) is 38.5 Å². The van der Waals surface area contributed by atoms with E-state index in [4.69, 9.17) is 15.1 Å². The molecule has 0 aliphatic heterocycles. The first-order valence-corrected chi connectivity index (χ1v) is 7.22. The normalized spacial score (nSPS) is 10.3. The molecule has 1 rings (SSSR count). The van der Waals surface area contributed by atoms with Gasteiger partial charge >= 0.3 is 6.09 Å². The Bertz CT molecular complexity index is 394. The van der Waals surface area contributed by atoms with Crippen LogP contribution in [0.15, 0.2) is 24.3 Å². The average molecular weight is 297 g/mol. The highest BCUT2D eigenvalue weighted by Gasteiger charge is 2.04. The van der Waals surface area contributed by atoms with Crippen molar-refractivity contribution < 1.29 is 24.8 Å². The molecule has 0 unspecified atom stereocenters. The van der Waals surface area contributed by atoms with Gasteiger partial charge in [0.1, 0.15) is 5.75 Å². The standard InChI is InChI=1S/C15H23NO5/c17-11-5-3-1-2-4-6-12-20-21-15(19)16-13-7-9-14(18)10-8-13/h7-10,17-18H,1-6,11-12H2,(H,16,19). The van der Waals surface area contributed by atoms with Crippen LogP contribution in [0, 0.1) is 0 Å². The van der Waals surface area contributed by atoms with Gasteiger partial charge in [0, 0.05) is 12.3 Å². The minimum atomic E-state index is -0.691. The zero-order valence-electron chi connectivity index (χ0n) is 12.1. The van der Waals surface area contributed by atoms with Gasteiger partial charge in [-0.15, -0.1) is 0 Å². The fraction of sp³-hybridized carbons (Fsp3) is 0.533. The number of aliphatic hydroxyl groups excluding tert-OH is 1. The van der Waals surface area contributed by atoms with E-state index in [2.05, 4.69) is 10.2 Å². The van der Waals surface area contributed by atoms with Gasteiger partial charge in [-0.2, -0.15) is 4.89 Å². The van der Waals surface area contributed by atoms with Gasteiger partial charge in [0.2, 0.25) is 0 Å². The highest BCUT2D eigenvalue weighted by molar-refractivity contribution is 5.84. The summed E-state index contributed by atoms with van der Waals surface area (Å²) in [5, 5.41) is 20.2. The average Bonchev–Trinajstić information content (AvgIpc) is 2.48. The van der Waals surface area contributed by atoms with Crippen LogP contribution in [0.4, 0.5) is 10.5 Å². The van der Waals surface area contributed by atoms with Gasteiger partial charge in [-0.25, -0.2) is 4.79 Å². The topological polar surface area (TPSA) is 88.0 Å². The number of carbonyl (C=O) groups excluding carboxylic acids is 1. The first-order chi connectivity index (χ1) is 10.2. The summed E-state index contributed by atoms with van der Waals surface area (Å²) >= 11 is 0. The third kappa shape index (κ3) is 8.88. The van der Waals surface area contributed by atoms with Crippen LogP contribution in [0.2, 0.25) is 0 Å². The minimum absolute atomic E-state index is 0.129. The first-order valence-electron chi connectivity index (χ1n) is 7.22. The lowest BCUT2D eigenvalue weighted by atomic mass is 10.1. The van der Waals surface area contributed by atoms with E-state index in [9.17, 15) is 4.79 Å². The lowest BCUT2D eigenvalue weighted by Crippen LogP contribution is -2.14. The van der Waals surface area contributed by atoms with Gasteiger partial charge in [-0.05, 0) is 37.1 Å². The molecule has 0 atom stereocenters. The molecule has 21 heavy (non-hydrogen) atoms. The Kier molecular flexibility index (Phi) is 8.99. The summed E-state index contributed by atoms with van der Waals surface area (Å²) in [6.07, 6.45) is 5.23. The molecule has 0 aliphatic carbocycles. The number of anilines is 1. The van der Waals surface area contributed by atoms with Crippen molar-refractivity contribution in [3.8, 4) is 5.75 Å². The van der Waals surface area contributed by atoms with Crippen molar-refractivity contribution in [1.29, 1.82) is 0 Å². The van der Waals surface area contributed by atoms with E-state index < -0.39 is 6.09 Å². The summed E-state index contributed by atoms with van der Waals surface area (Å²) in [5.41, 5.74) is 0.519. The number of benzene rings is 1. The lowest BCUT2D eigenvalue weighted by molar-refractivity contribution is -0.235. The van der Waals surface area contributed by atoms with Gasteiger partial charge in [0.15, 0.2) is 0 Å². The Morgan fingerprint density at radius 3 is 2.29 bits per heavy atom. The molecular formula is C15H23NO5. The summed E-state index contributed by atoms with van der Waals surface area (Å²) in [7, 11) is 0. The van der Waals surface area contributed by atoms with Crippen LogP contribution >= 0.6 is 0 Å². The largest absolute Gasteiger partial charge is 0.508 e. The molecule has 0 saturated heterocycles. The smallest absolute Gasteiger partial charge is 0.443 e. The zero-order chi connectivity index (χ0) is 15.3. The van der Waals surface area contributed by atoms with Crippen LogP contribution in [0.25, 0.3) is 0 Å². The van der Waals surface area contributed by atoms with Crippen LogP contribution < -0.4 is 5.32 Å². The third-order valence-electron chi connectivity index (χ3n) is 2.88. The van der Waals surface area contributed by atoms with Crippen LogP contribution in [0.3, 0.4) is 0 Å². The quantitative estimate of drug-likeness (QED) is 0.267. The van der Waals surface area contributed by atoms with Gasteiger partial charge in [0.05, 0.1) is 6.61 Å². The van der Waals surface area contributed by atoms with Crippen molar-refractivity contribution in [3.63, 3.8) is 0 Å². The van der Waals surface area contributed by atoms with E-state index in [0.717, 1.165) is 38.5 Å². The van der Waals surface area contributed by atoms with Crippen LogP contribution in [-0.2, 0) is 9.78 Å². The number of unbranched alkanes of at least 4 members (excludes halogenated alkanes) is 5. The summed E-state index contributed by atoms with van der Waals surface area (Å²) in [4.78, 5) is 20.8.